The van der Waals surface area contributed by atoms with Gasteiger partial charge in [-0.1, -0.05) is 26.0 Å². The number of hydrogen-bond donors (Lipinski definition) is 2. The fraction of sp³-hybridized carbons (Fsp3) is 0.636. The number of ether oxygens (including phenoxy) is 2. The number of carbonyl (C=O) groups is 1. The molecule has 1 heterocycles. The largest absolute Gasteiger partial charge is 0.493 e. The Morgan fingerprint density at radius 2 is 2.07 bits per heavy atom. The standard InChI is InChI=1S/C22H36N4O3/c1-5-28-22(27)26-11-8-19(9-12-26)25-21(23)24-15-18-7-6-17(4)14-20(18)29-13-10-16(2)3/h6-7,14,16,19H,5,8-13,15H2,1-4H3,(H3,23,24,25). The highest BCUT2D eigenvalue weighted by atomic mass is 16.6. The molecule has 29 heavy (non-hydrogen) atoms. The lowest BCUT2D eigenvalue weighted by Crippen LogP contribution is -2.48. The molecule has 2 rings (SSSR count). The zero-order valence-corrected chi connectivity index (χ0v) is 18.2. The van der Waals surface area contributed by atoms with Crippen LogP contribution >= 0.6 is 0 Å². The SMILES string of the molecule is CCOC(=O)N1CCC(NC(N)=NCc2ccc(C)cc2OCCC(C)C)CC1. The number of nitrogens with one attached hydrogen (secondary N) is 1. The quantitative estimate of drug-likeness (QED) is 0.512. The van der Waals surface area contributed by atoms with Gasteiger partial charge in [0, 0.05) is 24.7 Å². The van der Waals surface area contributed by atoms with Crippen LogP contribution < -0.4 is 15.8 Å². The molecule has 0 spiro atoms. The number of nitrogens with zero attached hydrogens (tertiary/aromatic N) is 2. The van der Waals surface area contributed by atoms with E-state index in [0.717, 1.165) is 36.1 Å². The number of piperidine rings is 1. The Morgan fingerprint density at radius 3 is 2.72 bits per heavy atom. The molecular weight excluding hydrogens is 368 g/mol. The third kappa shape index (κ3) is 7.83. The van der Waals surface area contributed by atoms with E-state index in [-0.39, 0.29) is 12.1 Å². The Balaban J connectivity index is 1.86. The zero-order chi connectivity index (χ0) is 21.2. The van der Waals surface area contributed by atoms with Crippen LogP contribution in [0.1, 0.15) is 51.2 Å². The van der Waals surface area contributed by atoms with Crippen molar-refractivity contribution in [2.75, 3.05) is 26.3 Å². The Kier molecular flexibility index (Phi) is 9.09. The highest BCUT2D eigenvalue weighted by molar-refractivity contribution is 5.78. The van der Waals surface area contributed by atoms with Crippen molar-refractivity contribution in [1.29, 1.82) is 0 Å². The number of benzene rings is 1. The molecule has 1 saturated heterocycles. The van der Waals surface area contributed by atoms with Gasteiger partial charge in [0.1, 0.15) is 5.75 Å². The molecule has 3 N–H and O–H groups in total. The van der Waals surface area contributed by atoms with Gasteiger partial charge in [0.15, 0.2) is 5.96 Å². The van der Waals surface area contributed by atoms with Gasteiger partial charge in [-0.25, -0.2) is 9.79 Å². The smallest absolute Gasteiger partial charge is 0.409 e. The number of aliphatic imine (C=N–C) groups is 1. The number of aryl methyl sites for hydroxylation is 1. The van der Waals surface area contributed by atoms with Crippen molar-refractivity contribution < 1.29 is 14.3 Å². The number of nitrogens with two attached hydrogens (primary N) is 1. The second kappa shape index (κ2) is 11.5. The van der Waals surface area contributed by atoms with E-state index in [9.17, 15) is 4.79 Å². The van der Waals surface area contributed by atoms with Gasteiger partial charge in [0.25, 0.3) is 0 Å². The average molecular weight is 405 g/mol. The van der Waals surface area contributed by atoms with Crippen LogP contribution in [0.4, 0.5) is 4.79 Å². The lowest BCUT2D eigenvalue weighted by Gasteiger charge is -2.31. The minimum Gasteiger partial charge on any atom is -0.493 e. The van der Waals surface area contributed by atoms with Gasteiger partial charge >= 0.3 is 6.09 Å². The highest BCUT2D eigenvalue weighted by Crippen LogP contribution is 2.22. The number of rotatable bonds is 8. The maximum Gasteiger partial charge on any atom is 0.409 e. The molecule has 1 amide bonds. The second-order valence-corrected chi connectivity index (χ2v) is 7.95. The number of hydrogen-bond acceptors (Lipinski definition) is 4. The minimum atomic E-state index is -0.239. The van der Waals surface area contributed by atoms with Gasteiger partial charge in [-0.15, -0.1) is 0 Å². The molecule has 0 bridgehead atoms. The molecule has 0 unspecified atom stereocenters. The number of likely N-dealkylation sites (tertiary alicyclic amines) is 1. The topological polar surface area (TPSA) is 89.2 Å². The van der Waals surface area contributed by atoms with Crippen LogP contribution in [-0.4, -0.2) is 49.3 Å². The summed E-state index contributed by atoms with van der Waals surface area (Å²) in [7, 11) is 0. The van der Waals surface area contributed by atoms with E-state index in [1.54, 1.807) is 4.90 Å². The average Bonchev–Trinajstić information content (AvgIpc) is 2.68. The predicted octanol–water partition coefficient (Wildman–Crippen LogP) is 3.45. The van der Waals surface area contributed by atoms with Crippen molar-refractivity contribution in [1.82, 2.24) is 10.2 Å². The summed E-state index contributed by atoms with van der Waals surface area (Å²) in [6.07, 6.45) is 2.42. The normalized spacial score (nSPS) is 15.5. The minimum absolute atomic E-state index is 0.212. The molecule has 0 radical (unpaired) electrons. The summed E-state index contributed by atoms with van der Waals surface area (Å²) in [5, 5.41) is 3.28. The first kappa shape index (κ1) is 22.8. The van der Waals surface area contributed by atoms with E-state index >= 15 is 0 Å². The fourth-order valence-corrected chi connectivity index (χ4v) is 3.18. The zero-order valence-electron chi connectivity index (χ0n) is 18.2. The van der Waals surface area contributed by atoms with Gasteiger partial charge in [0.05, 0.1) is 19.8 Å². The van der Waals surface area contributed by atoms with Crippen LogP contribution in [0.15, 0.2) is 23.2 Å². The van der Waals surface area contributed by atoms with Crippen LogP contribution in [0.5, 0.6) is 5.75 Å². The third-order valence-corrected chi connectivity index (χ3v) is 4.97. The van der Waals surface area contributed by atoms with Gasteiger partial charge < -0.3 is 25.4 Å². The monoisotopic (exact) mass is 404 g/mol. The molecule has 0 aliphatic carbocycles. The van der Waals surface area contributed by atoms with E-state index in [0.29, 0.717) is 44.7 Å². The molecule has 1 aliphatic heterocycles. The van der Waals surface area contributed by atoms with Crippen molar-refractivity contribution in [3.8, 4) is 5.75 Å². The van der Waals surface area contributed by atoms with Crippen molar-refractivity contribution in [3.05, 3.63) is 29.3 Å². The molecule has 0 saturated carbocycles. The highest BCUT2D eigenvalue weighted by Gasteiger charge is 2.23. The molecule has 7 heteroatoms. The summed E-state index contributed by atoms with van der Waals surface area (Å²) in [6, 6.07) is 6.38. The summed E-state index contributed by atoms with van der Waals surface area (Å²) in [6.45, 7) is 11.1. The Bertz CT molecular complexity index is 683. The van der Waals surface area contributed by atoms with Gasteiger partial charge in [-0.2, -0.15) is 0 Å². The van der Waals surface area contributed by atoms with Crippen molar-refractivity contribution in [2.24, 2.45) is 16.6 Å². The molecule has 1 aromatic carbocycles. The summed E-state index contributed by atoms with van der Waals surface area (Å²) >= 11 is 0. The first-order valence-electron chi connectivity index (χ1n) is 10.6. The van der Waals surface area contributed by atoms with E-state index in [2.05, 4.69) is 49.3 Å². The number of guanidine groups is 1. The lowest BCUT2D eigenvalue weighted by atomic mass is 10.1. The number of carbonyl (C=O) groups excluding carboxylic acids is 1. The molecule has 0 aromatic heterocycles. The maximum atomic E-state index is 11.8. The van der Waals surface area contributed by atoms with E-state index < -0.39 is 0 Å². The molecular formula is C22H36N4O3. The predicted molar refractivity (Wildman–Crippen MR) is 116 cm³/mol. The lowest BCUT2D eigenvalue weighted by molar-refractivity contribution is 0.0963. The van der Waals surface area contributed by atoms with Gasteiger partial charge in [-0.05, 0) is 50.7 Å². The molecule has 162 valence electrons. The first-order chi connectivity index (χ1) is 13.9. The molecule has 1 aromatic rings. The molecule has 7 nitrogen and oxygen atoms in total. The summed E-state index contributed by atoms with van der Waals surface area (Å²) in [5.74, 6) is 1.91. The third-order valence-electron chi connectivity index (χ3n) is 4.97. The van der Waals surface area contributed by atoms with Crippen molar-refractivity contribution in [3.63, 3.8) is 0 Å². The molecule has 1 aliphatic rings. The molecule has 0 atom stereocenters. The Morgan fingerprint density at radius 1 is 1.34 bits per heavy atom. The van der Waals surface area contributed by atoms with Crippen LogP contribution in [-0.2, 0) is 11.3 Å². The second-order valence-electron chi connectivity index (χ2n) is 7.95. The Hall–Kier alpha value is -2.44. The van der Waals surface area contributed by atoms with Crippen LogP contribution in [0.25, 0.3) is 0 Å². The van der Waals surface area contributed by atoms with Crippen molar-refractivity contribution >= 4 is 12.1 Å². The van der Waals surface area contributed by atoms with Crippen LogP contribution in [0, 0.1) is 12.8 Å². The summed E-state index contributed by atoms with van der Waals surface area (Å²) in [5.41, 5.74) is 8.30. The Labute approximate surface area is 174 Å². The summed E-state index contributed by atoms with van der Waals surface area (Å²) < 4.78 is 11.0. The van der Waals surface area contributed by atoms with Crippen molar-refractivity contribution in [2.45, 2.75) is 59.5 Å². The summed E-state index contributed by atoms with van der Waals surface area (Å²) in [4.78, 5) is 18.0. The number of amides is 1. The van der Waals surface area contributed by atoms with Crippen LogP contribution in [0.3, 0.4) is 0 Å². The van der Waals surface area contributed by atoms with Gasteiger partial charge in [-0.3, -0.25) is 0 Å². The van der Waals surface area contributed by atoms with Crippen LogP contribution in [0.2, 0.25) is 0 Å². The van der Waals surface area contributed by atoms with E-state index in [4.69, 9.17) is 15.2 Å². The molecule has 1 fully saturated rings. The van der Waals surface area contributed by atoms with E-state index in [1.807, 2.05) is 6.92 Å². The fourth-order valence-electron chi connectivity index (χ4n) is 3.18. The maximum absolute atomic E-state index is 11.8. The first-order valence-corrected chi connectivity index (χ1v) is 10.6. The van der Waals surface area contributed by atoms with Gasteiger partial charge in [0.2, 0.25) is 0 Å². The van der Waals surface area contributed by atoms with E-state index in [1.165, 1.54) is 0 Å².